The SMILES string of the molecule is CC(C)Cn1cc(NC(=O)NCC(O)c2ccccc2Cl)cn1. The molecule has 0 aliphatic carbocycles. The van der Waals surface area contributed by atoms with Crippen molar-refractivity contribution in [2.24, 2.45) is 5.92 Å². The Balaban J connectivity index is 1.83. The molecule has 1 aromatic carbocycles. The van der Waals surface area contributed by atoms with Gasteiger partial charge in [0.05, 0.1) is 18.0 Å². The average Bonchev–Trinajstić information content (AvgIpc) is 2.91. The molecular weight excluding hydrogens is 316 g/mol. The van der Waals surface area contributed by atoms with E-state index >= 15 is 0 Å². The fourth-order valence-electron chi connectivity index (χ4n) is 2.12. The van der Waals surface area contributed by atoms with Crippen molar-refractivity contribution >= 4 is 23.3 Å². The number of hydrogen-bond acceptors (Lipinski definition) is 3. The van der Waals surface area contributed by atoms with Gasteiger partial charge < -0.3 is 15.7 Å². The van der Waals surface area contributed by atoms with E-state index in [-0.39, 0.29) is 6.54 Å². The van der Waals surface area contributed by atoms with Gasteiger partial charge in [-0.2, -0.15) is 5.10 Å². The minimum atomic E-state index is -0.863. The number of carbonyl (C=O) groups is 1. The summed E-state index contributed by atoms with van der Waals surface area (Å²) in [7, 11) is 0. The maximum Gasteiger partial charge on any atom is 0.319 e. The van der Waals surface area contributed by atoms with Gasteiger partial charge in [-0.3, -0.25) is 4.68 Å². The number of rotatable bonds is 6. The molecule has 0 fully saturated rings. The van der Waals surface area contributed by atoms with Crippen LogP contribution in [-0.4, -0.2) is 27.5 Å². The zero-order chi connectivity index (χ0) is 16.8. The number of anilines is 1. The van der Waals surface area contributed by atoms with Crippen LogP contribution in [0.2, 0.25) is 5.02 Å². The fourth-order valence-corrected chi connectivity index (χ4v) is 2.38. The largest absolute Gasteiger partial charge is 0.387 e. The molecule has 7 heteroatoms. The van der Waals surface area contributed by atoms with E-state index in [2.05, 4.69) is 29.6 Å². The number of aliphatic hydroxyl groups is 1. The third-order valence-corrected chi connectivity index (χ3v) is 3.51. The molecule has 6 nitrogen and oxygen atoms in total. The third kappa shape index (κ3) is 5.26. The van der Waals surface area contributed by atoms with Crippen LogP contribution in [0.25, 0.3) is 0 Å². The summed E-state index contributed by atoms with van der Waals surface area (Å²) in [5.41, 5.74) is 1.19. The first-order valence-corrected chi connectivity index (χ1v) is 7.83. The lowest BCUT2D eigenvalue weighted by Crippen LogP contribution is -2.32. The summed E-state index contributed by atoms with van der Waals surface area (Å²) >= 11 is 6.01. The summed E-state index contributed by atoms with van der Waals surface area (Å²) < 4.78 is 1.78. The second-order valence-corrected chi connectivity index (χ2v) is 6.12. The number of nitrogens with zero attached hydrogens (tertiary/aromatic N) is 2. The number of amides is 2. The minimum absolute atomic E-state index is 0.0652. The summed E-state index contributed by atoms with van der Waals surface area (Å²) in [6.45, 7) is 5.04. The Morgan fingerprint density at radius 3 is 2.83 bits per heavy atom. The van der Waals surface area contributed by atoms with Crippen LogP contribution < -0.4 is 10.6 Å². The Kier molecular flexibility index (Phi) is 6.01. The van der Waals surface area contributed by atoms with Gasteiger partial charge in [0, 0.05) is 29.9 Å². The molecule has 0 aliphatic rings. The van der Waals surface area contributed by atoms with Gasteiger partial charge in [-0.05, 0) is 12.0 Å². The Morgan fingerprint density at radius 2 is 2.13 bits per heavy atom. The first-order chi connectivity index (χ1) is 11.0. The van der Waals surface area contributed by atoms with Gasteiger partial charge in [-0.25, -0.2) is 4.79 Å². The molecule has 2 aromatic rings. The van der Waals surface area contributed by atoms with E-state index in [0.717, 1.165) is 6.54 Å². The summed E-state index contributed by atoms with van der Waals surface area (Å²) in [5.74, 6) is 0.474. The first-order valence-electron chi connectivity index (χ1n) is 7.45. The number of benzene rings is 1. The zero-order valence-electron chi connectivity index (χ0n) is 13.2. The Morgan fingerprint density at radius 1 is 1.39 bits per heavy atom. The molecular formula is C16H21ClN4O2. The van der Waals surface area contributed by atoms with Crippen LogP contribution in [0.1, 0.15) is 25.5 Å². The van der Waals surface area contributed by atoms with Crippen molar-refractivity contribution in [3.63, 3.8) is 0 Å². The van der Waals surface area contributed by atoms with Crippen LogP contribution >= 0.6 is 11.6 Å². The molecule has 1 atom stereocenters. The number of urea groups is 1. The van der Waals surface area contributed by atoms with Crippen molar-refractivity contribution in [2.45, 2.75) is 26.5 Å². The number of halogens is 1. The summed E-state index contributed by atoms with van der Waals surface area (Å²) in [5, 5.41) is 20.0. The van der Waals surface area contributed by atoms with Gasteiger partial charge in [0.1, 0.15) is 0 Å². The van der Waals surface area contributed by atoms with E-state index in [1.54, 1.807) is 41.3 Å². The fraction of sp³-hybridized carbons (Fsp3) is 0.375. The van der Waals surface area contributed by atoms with Crippen molar-refractivity contribution < 1.29 is 9.90 Å². The molecule has 0 spiro atoms. The highest BCUT2D eigenvalue weighted by atomic mass is 35.5. The Labute approximate surface area is 140 Å². The predicted molar refractivity (Wildman–Crippen MR) is 90.5 cm³/mol. The number of carbonyl (C=O) groups excluding carboxylic acids is 1. The molecule has 1 unspecified atom stereocenters. The minimum Gasteiger partial charge on any atom is -0.387 e. The van der Waals surface area contributed by atoms with E-state index in [1.165, 1.54) is 0 Å². The lowest BCUT2D eigenvalue weighted by Gasteiger charge is -2.13. The maximum atomic E-state index is 11.9. The normalized spacial score (nSPS) is 12.2. The summed E-state index contributed by atoms with van der Waals surface area (Å²) in [6.07, 6.45) is 2.49. The first kappa shape index (κ1) is 17.3. The zero-order valence-corrected chi connectivity index (χ0v) is 13.9. The van der Waals surface area contributed by atoms with Gasteiger partial charge in [0.15, 0.2) is 0 Å². The van der Waals surface area contributed by atoms with Crippen molar-refractivity contribution in [1.29, 1.82) is 0 Å². The van der Waals surface area contributed by atoms with Crippen LogP contribution in [0.15, 0.2) is 36.7 Å². The number of nitrogens with one attached hydrogen (secondary N) is 2. The Hall–Kier alpha value is -2.05. The monoisotopic (exact) mass is 336 g/mol. The van der Waals surface area contributed by atoms with Crippen molar-refractivity contribution in [3.05, 3.63) is 47.2 Å². The van der Waals surface area contributed by atoms with Crippen LogP contribution in [0.3, 0.4) is 0 Å². The third-order valence-electron chi connectivity index (χ3n) is 3.16. The van der Waals surface area contributed by atoms with Gasteiger partial charge >= 0.3 is 6.03 Å². The van der Waals surface area contributed by atoms with Crippen LogP contribution in [0.5, 0.6) is 0 Å². The molecule has 3 N–H and O–H groups in total. The molecule has 1 aromatic heterocycles. The topological polar surface area (TPSA) is 79.2 Å². The van der Waals surface area contributed by atoms with E-state index < -0.39 is 12.1 Å². The van der Waals surface area contributed by atoms with Crippen LogP contribution in [0, 0.1) is 5.92 Å². The number of hydrogen-bond donors (Lipinski definition) is 3. The van der Waals surface area contributed by atoms with Gasteiger partial charge in [0.2, 0.25) is 0 Å². The quantitative estimate of drug-likeness (QED) is 0.758. The van der Waals surface area contributed by atoms with Crippen molar-refractivity contribution in [2.75, 3.05) is 11.9 Å². The van der Waals surface area contributed by atoms with E-state index in [1.807, 2.05) is 0 Å². The molecule has 0 saturated carbocycles. The van der Waals surface area contributed by atoms with E-state index in [4.69, 9.17) is 11.6 Å². The molecule has 0 saturated heterocycles. The molecule has 2 rings (SSSR count). The molecule has 124 valence electrons. The second-order valence-electron chi connectivity index (χ2n) is 5.72. The number of aromatic nitrogens is 2. The highest BCUT2D eigenvalue weighted by Crippen LogP contribution is 2.21. The van der Waals surface area contributed by atoms with Gasteiger partial charge in [-0.1, -0.05) is 43.6 Å². The molecule has 0 radical (unpaired) electrons. The molecule has 0 aliphatic heterocycles. The predicted octanol–water partition coefficient (Wildman–Crippen LogP) is 3.05. The van der Waals surface area contributed by atoms with Crippen LogP contribution in [0.4, 0.5) is 10.5 Å². The molecule has 2 amide bonds. The van der Waals surface area contributed by atoms with E-state index in [9.17, 15) is 9.90 Å². The summed E-state index contributed by atoms with van der Waals surface area (Å²) in [4.78, 5) is 11.9. The second kappa shape index (κ2) is 7.99. The van der Waals surface area contributed by atoms with Crippen LogP contribution in [-0.2, 0) is 6.54 Å². The summed E-state index contributed by atoms with van der Waals surface area (Å²) in [6, 6.07) is 6.59. The highest BCUT2D eigenvalue weighted by Gasteiger charge is 2.12. The smallest absolute Gasteiger partial charge is 0.319 e. The van der Waals surface area contributed by atoms with E-state index in [0.29, 0.717) is 22.2 Å². The lowest BCUT2D eigenvalue weighted by atomic mass is 10.1. The molecule has 1 heterocycles. The highest BCUT2D eigenvalue weighted by molar-refractivity contribution is 6.31. The van der Waals surface area contributed by atoms with Gasteiger partial charge in [0.25, 0.3) is 0 Å². The molecule has 0 bridgehead atoms. The average molecular weight is 337 g/mol. The van der Waals surface area contributed by atoms with Crippen molar-refractivity contribution in [1.82, 2.24) is 15.1 Å². The number of aliphatic hydroxyl groups excluding tert-OH is 1. The van der Waals surface area contributed by atoms with Gasteiger partial charge in [-0.15, -0.1) is 0 Å². The van der Waals surface area contributed by atoms with Crippen molar-refractivity contribution in [3.8, 4) is 0 Å². The molecule has 23 heavy (non-hydrogen) atoms. The standard InChI is InChI=1S/C16H21ClN4O2/c1-11(2)9-21-10-12(7-19-21)20-16(23)18-8-15(22)13-5-3-4-6-14(13)17/h3-7,10-11,15,22H,8-9H2,1-2H3,(H2,18,20,23). The lowest BCUT2D eigenvalue weighted by molar-refractivity contribution is 0.175. The maximum absolute atomic E-state index is 11.9. The Bertz CT molecular complexity index is 657.